The number of allylic oxidation sites excluding steroid dienone is 4. The van der Waals surface area contributed by atoms with E-state index >= 15 is 0 Å². The van der Waals surface area contributed by atoms with Gasteiger partial charge in [-0.15, -0.1) is 0 Å². The van der Waals surface area contributed by atoms with Crippen molar-refractivity contribution in [2.24, 2.45) is 46.3 Å². The molecule has 6 saturated carbocycles. The van der Waals surface area contributed by atoms with Gasteiger partial charge in [0.25, 0.3) is 0 Å². The fourth-order valence-corrected chi connectivity index (χ4v) is 15.6. The first-order chi connectivity index (χ1) is 29.9. The average Bonchev–Trinajstić information content (AvgIpc) is 3.82. The Hall–Kier alpha value is 3.50. The largest absolute Gasteiger partial charge is 0.388 e. The number of carbonyl (C=O) groups is 1. The van der Waals surface area contributed by atoms with Gasteiger partial charge in [0.15, 0.2) is 0 Å². The Balaban J connectivity index is 0.000000996. The molecule has 2 aromatic rings. The second-order valence-electron chi connectivity index (χ2n) is 21.2. The predicted molar refractivity (Wildman–Crippen MR) is 261 cm³/mol. The molecule has 6 fully saturated rings. The third-order valence-corrected chi connectivity index (χ3v) is 19.6. The molecule has 0 aliphatic heterocycles. The van der Waals surface area contributed by atoms with Crippen LogP contribution in [-0.4, -0.2) is 56.8 Å². The molecule has 6 nitrogen and oxygen atoms in total. The molecular formula is C56H79O6PY6. The Morgan fingerprint density at radius 1 is 0.594 bits per heavy atom. The van der Waals surface area contributed by atoms with Crippen molar-refractivity contribution < 1.29 is 226 Å². The number of aliphatic hydroxyl groups excluding tert-OH is 4. The smallest absolute Gasteiger partial charge is 0.146 e. The van der Waals surface area contributed by atoms with E-state index in [0.717, 1.165) is 70.6 Å². The van der Waals surface area contributed by atoms with Crippen molar-refractivity contribution in [3.05, 3.63) is 120 Å². The van der Waals surface area contributed by atoms with Crippen LogP contribution in [0, 0.1) is 46.3 Å². The second kappa shape index (κ2) is 33.2. The summed E-state index contributed by atoms with van der Waals surface area (Å²) in [5.41, 5.74) is 5.54. The summed E-state index contributed by atoms with van der Waals surface area (Å²) < 4.78 is 13.9. The van der Waals surface area contributed by atoms with Crippen molar-refractivity contribution in [3.63, 3.8) is 0 Å². The van der Waals surface area contributed by atoms with E-state index in [0.29, 0.717) is 65.5 Å². The van der Waals surface area contributed by atoms with Gasteiger partial charge in [0, 0.05) is 225 Å². The average molecular weight is 1410 g/mol. The van der Waals surface area contributed by atoms with Gasteiger partial charge in [-0.1, -0.05) is 150 Å². The van der Waals surface area contributed by atoms with E-state index in [2.05, 4.69) is 66.9 Å². The number of rotatable bonds is 7. The van der Waals surface area contributed by atoms with Gasteiger partial charge in [0.05, 0.1) is 24.4 Å². The van der Waals surface area contributed by atoms with Gasteiger partial charge < -0.3 is 25.0 Å². The van der Waals surface area contributed by atoms with E-state index in [1.807, 2.05) is 66.7 Å². The number of fused-ring (bicyclic) bond motifs is 2. The van der Waals surface area contributed by atoms with Crippen LogP contribution in [0.5, 0.6) is 0 Å². The van der Waals surface area contributed by atoms with Gasteiger partial charge in [-0.3, -0.25) is 4.79 Å². The predicted octanol–water partition coefficient (Wildman–Crippen LogP) is 11.2. The molecular weight excluding hydrogens is 1330 g/mol. The third kappa shape index (κ3) is 18.0. The number of hydrogen-bond acceptors (Lipinski definition) is 6. The number of aliphatic hydroxyl groups is 4. The first-order valence-corrected chi connectivity index (χ1v) is 26.2. The van der Waals surface area contributed by atoms with Crippen molar-refractivity contribution in [2.75, 3.05) is 6.16 Å². The van der Waals surface area contributed by atoms with E-state index in [4.69, 9.17) is 0 Å². The molecule has 6 aliphatic carbocycles. The molecule has 8 rings (SSSR count). The van der Waals surface area contributed by atoms with E-state index < -0.39 is 31.6 Å². The Morgan fingerprint density at radius 2 is 0.986 bits per heavy atom. The molecule has 0 aromatic heterocycles. The monoisotopic (exact) mass is 1410 g/mol. The fraction of sp³-hybridized carbons (Fsp3) is 0.589. The fourth-order valence-electron chi connectivity index (χ4n) is 13.1. The number of hydrogen-bond donors (Lipinski definition) is 4. The number of benzene rings is 2. The zero-order valence-electron chi connectivity index (χ0n) is 42.8. The molecule has 2 unspecified atom stereocenters. The SMILES string of the molecule is C=C1[C@H](O)CC(=C/C=C2\CCC[C@]3(C)C(C(C)C)CC[C@@H]23)C[C@H]1O.C=C1[C@H](O)CC(=CCP(=O)(c2ccccc2)c2ccccc2)C[C@H]1O.CC(C)C1CC[C@H]2C(=O)CCC[C@]12C.[Y].[Y].[Y].[Y].[Y].[Y]. The Labute approximate surface area is 568 Å². The van der Waals surface area contributed by atoms with Crippen LogP contribution in [0.1, 0.15) is 131 Å². The number of ketones is 1. The van der Waals surface area contributed by atoms with E-state index in [1.54, 1.807) is 5.57 Å². The van der Waals surface area contributed by atoms with E-state index in [-0.39, 0.29) is 196 Å². The minimum absolute atomic E-state index is 0. The summed E-state index contributed by atoms with van der Waals surface area (Å²) in [6.07, 6.45) is 18.6. The van der Waals surface area contributed by atoms with Crippen molar-refractivity contribution in [2.45, 2.75) is 156 Å². The second-order valence-corrected chi connectivity index (χ2v) is 24.1. The summed E-state index contributed by atoms with van der Waals surface area (Å²) >= 11 is 0. The molecule has 0 spiro atoms. The van der Waals surface area contributed by atoms with E-state index in [9.17, 15) is 29.8 Å². The van der Waals surface area contributed by atoms with Crippen molar-refractivity contribution >= 4 is 23.5 Å². The molecule has 0 saturated heterocycles. The van der Waals surface area contributed by atoms with Crippen LogP contribution in [0.3, 0.4) is 0 Å². The Bertz CT molecular complexity index is 2000. The molecule has 0 amide bonds. The third-order valence-electron chi connectivity index (χ3n) is 16.6. The van der Waals surface area contributed by atoms with E-state index in [1.165, 1.54) is 44.9 Å². The number of carbonyl (C=O) groups excluding carboxylic acids is 1. The Morgan fingerprint density at radius 3 is 1.42 bits per heavy atom. The van der Waals surface area contributed by atoms with Crippen LogP contribution in [0.25, 0.3) is 0 Å². The zero-order chi connectivity index (χ0) is 45.7. The maximum absolute atomic E-state index is 13.9. The summed E-state index contributed by atoms with van der Waals surface area (Å²) in [5, 5.41) is 41.7. The first-order valence-electron chi connectivity index (χ1n) is 24.3. The van der Waals surface area contributed by atoms with Gasteiger partial charge in [-0.05, 0) is 135 Å². The standard InChI is InChI=1S/C22H34O2.C21H23O3P.C13H22O.6Y/c1-14(2)18-9-10-19-17(6-5-11-22(18,19)4)8-7-16-12-20(23)15(3)21(24)13-16;1-16-20(22)14-17(15-21(16)23)12-13-25(24,18-8-4-2-5-9-18)19-10-6-3-7-11-19;1-9(2)10-6-7-11-12(14)5-4-8-13(10,11)3;;;;;;/h7-8,14,18-21,23-24H,3,5-6,9-13H2,1-2,4H3;2-12,20-23H,1,13-15H2;9-11H,4-8H2,1-3H3;;;;;;/b17-8+;;;;;;;;/t18?,19-,20+,21+,22+;20-,21-;10?,11-,13+;;;;;;/m010....../s1. The molecule has 2 aromatic carbocycles. The molecule has 10 atom stereocenters. The van der Waals surface area contributed by atoms with Gasteiger partial charge >= 0.3 is 0 Å². The van der Waals surface area contributed by atoms with Crippen LogP contribution < -0.4 is 10.6 Å². The molecule has 362 valence electrons. The van der Waals surface area contributed by atoms with Gasteiger partial charge in [-0.25, -0.2) is 0 Å². The summed E-state index contributed by atoms with van der Waals surface area (Å²) in [7, 11) is -2.81. The topological polar surface area (TPSA) is 115 Å². The maximum atomic E-state index is 13.9. The zero-order valence-corrected chi connectivity index (χ0v) is 60.7. The first kappa shape index (κ1) is 72.5. The van der Waals surface area contributed by atoms with Gasteiger partial charge in [0.2, 0.25) is 0 Å². The van der Waals surface area contributed by atoms with Gasteiger partial charge in [-0.2, -0.15) is 0 Å². The quantitative estimate of drug-likeness (QED) is 0.162. The van der Waals surface area contributed by atoms with Crippen LogP contribution in [0.15, 0.2) is 120 Å². The van der Waals surface area contributed by atoms with Crippen molar-refractivity contribution in [1.29, 1.82) is 0 Å². The minimum Gasteiger partial charge on any atom is -0.388 e. The van der Waals surface area contributed by atoms with Crippen LogP contribution in [-0.2, 0) is 206 Å². The summed E-state index contributed by atoms with van der Waals surface area (Å²) in [5.74, 6) is 4.84. The molecule has 4 N–H and O–H groups in total. The van der Waals surface area contributed by atoms with Crippen LogP contribution in [0.4, 0.5) is 0 Å². The van der Waals surface area contributed by atoms with Crippen LogP contribution in [0.2, 0.25) is 0 Å². The molecule has 0 heterocycles. The molecule has 6 radical (unpaired) electrons. The molecule has 13 heteroatoms. The molecule has 69 heavy (non-hydrogen) atoms. The van der Waals surface area contributed by atoms with Crippen molar-refractivity contribution in [1.82, 2.24) is 0 Å². The van der Waals surface area contributed by atoms with Gasteiger partial charge in [0.1, 0.15) is 12.9 Å². The minimum atomic E-state index is -2.81. The van der Waals surface area contributed by atoms with Crippen molar-refractivity contribution in [3.8, 4) is 0 Å². The number of Topliss-reactive ketones (excluding diaryl/α,β-unsaturated/α-hetero) is 1. The maximum Gasteiger partial charge on any atom is 0.146 e. The normalized spacial score (nSPS) is 31.0. The molecule has 6 aliphatic rings. The molecule has 0 bridgehead atoms. The van der Waals surface area contributed by atoms with Crippen LogP contribution >= 0.6 is 7.14 Å². The summed E-state index contributed by atoms with van der Waals surface area (Å²) in [4.78, 5) is 11.8. The Kier molecular flexibility index (Phi) is 34.9. The summed E-state index contributed by atoms with van der Waals surface area (Å²) in [6, 6.07) is 19.0. The summed E-state index contributed by atoms with van der Waals surface area (Å²) in [6.45, 7) is 21.8.